The lowest BCUT2D eigenvalue weighted by atomic mass is 10.1. The van der Waals surface area contributed by atoms with Crippen molar-refractivity contribution in [1.29, 1.82) is 0 Å². The van der Waals surface area contributed by atoms with E-state index in [1.165, 1.54) is 37.3 Å². The Bertz CT molecular complexity index is 1210. The largest absolute Gasteiger partial charge is 0.322 e. The molecule has 3 rings (SSSR count). The molecule has 0 saturated heterocycles. The van der Waals surface area contributed by atoms with Crippen LogP contribution in [0.5, 0.6) is 0 Å². The fraction of sp³-hybridized carbons (Fsp3) is 0.0476. The van der Waals surface area contributed by atoms with Gasteiger partial charge in [0.2, 0.25) is 0 Å². The van der Waals surface area contributed by atoms with E-state index in [9.17, 15) is 18.0 Å². The van der Waals surface area contributed by atoms with Gasteiger partial charge in [-0.25, -0.2) is 8.42 Å². The minimum Gasteiger partial charge on any atom is -0.322 e. The van der Waals surface area contributed by atoms with Crippen LogP contribution in [-0.4, -0.2) is 20.1 Å². The van der Waals surface area contributed by atoms with Gasteiger partial charge in [-0.1, -0.05) is 41.4 Å². The average Bonchev–Trinajstić information content (AvgIpc) is 2.68. The molecule has 2 N–H and O–H groups in total. The molecule has 0 bridgehead atoms. The van der Waals surface area contributed by atoms with Crippen molar-refractivity contribution in [3.05, 3.63) is 87.9 Å². The quantitative estimate of drug-likeness (QED) is 0.489. The van der Waals surface area contributed by atoms with E-state index in [0.717, 1.165) is 6.07 Å². The number of amides is 1. The van der Waals surface area contributed by atoms with Crippen LogP contribution in [0.25, 0.3) is 0 Å². The molecule has 0 saturated carbocycles. The lowest BCUT2D eigenvalue weighted by Crippen LogP contribution is -2.17. The molecule has 0 fully saturated rings. The number of hydrogen-bond acceptors (Lipinski definition) is 4. The Morgan fingerprint density at radius 3 is 2.07 bits per heavy atom. The molecule has 9 heteroatoms. The normalized spacial score (nSPS) is 11.0. The third-order valence-corrected chi connectivity index (χ3v) is 6.29. The van der Waals surface area contributed by atoms with E-state index in [-0.39, 0.29) is 32.0 Å². The summed E-state index contributed by atoms with van der Waals surface area (Å²) in [5.41, 5.74) is 1.17. The number of ketones is 1. The number of carbonyl (C=O) groups is 2. The maximum absolute atomic E-state index is 12.8. The van der Waals surface area contributed by atoms with Gasteiger partial charge in [0.15, 0.2) is 5.78 Å². The number of sulfonamides is 1. The maximum atomic E-state index is 12.8. The van der Waals surface area contributed by atoms with E-state index in [1.807, 2.05) is 0 Å². The topological polar surface area (TPSA) is 92.3 Å². The predicted molar refractivity (Wildman–Crippen MR) is 118 cm³/mol. The summed E-state index contributed by atoms with van der Waals surface area (Å²) in [7, 11) is -4.13. The number of nitrogens with one attached hydrogen (secondary N) is 2. The summed E-state index contributed by atoms with van der Waals surface area (Å²) in [6, 6.07) is 16.9. The van der Waals surface area contributed by atoms with E-state index >= 15 is 0 Å². The van der Waals surface area contributed by atoms with Crippen LogP contribution in [0.2, 0.25) is 10.0 Å². The summed E-state index contributed by atoms with van der Waals surface area (Å²) < 4.78 is 28.1. The fourth-order valence-corrected chi connectivity index (χ4v) is 4.53. The standard InChI is InChI=1S/C21H16Cl2N2O4S/c1-13(26)14-7-9-16(10-8-14)25-30(28,29)20-11-17(18(22)12-19(20)23)21(27)24-15-5-3-2-4-6-15/h2-12,25H,1H3,(H,24,27). The number of carbonyl (C=O) groups excluding carboxylic acids is 2. The highest BCUT2D eigenvalue weighted by Gasteiger charge is 2.23. The van der Waals surface area contributed by atoms with Gasteiger partial charge >= 0.3 is 0 Å². The zero-order chi connectivity index (χ0) is 21.9. The number of Topliss-reactive ketones (excluding diaryl/α,β-unsaturated/α-hetero) is 1. The van der Waals surface area contributed by atoms with Crippen molar-refractivity contribution in [3.8, 4) is 0 Å². The smallest absolute Gasteiger partial charge is 0.263 e. The molecular weight excluding hydrogens is 447 g/mol. The first-order chi connectivity index (χ1) is 14.2. The molecule has 3 aromatic carbocycles. The van der Waals surface area contributed by atoms with Crippen LogP contribution in [0.15, 0.2) is 71.6 Å². The highest BCUT2D eigenvalue weighted by Crippen LogP contribution is 2.30. The lowest BCUT2D eigenvalue weighted by molar-refractivity contribution is 0.101. The minimum atomic E-state index is -4.13. The molecule has 0 aliphatic carbocycles. The Morgan fingerprint density at radius 2 is 1.47 bits per heavy atom. The average molecular weight is 463 g/mol. The van der Waals surface area contributed by atoms with Crippen LogP contribution >= 0.6 is 23.2 Å². The maximum Gasteiger partial charge on any atom is 0.263 e. The fourth-order valence-electron chi connectivity index (χ4n) is 2.61. The molecule has 30 heavy (non-hydrogen) atoms. The zero-order valence-corrected chi connectivity index (χ0v) is 18.0. The van der Waals surface area contributed by atoms with E-state index in [2.05, 4.69) is 10.0 Å². The van der Waals surface area contributed by atoms with Gasteiger partial charge in [-0.05, 0) is 55.5 Å². The van der Waals surface area contributed by atoms with Crippen LogP contribution < -0.4 is 10.0 Å². The highest BCUT2D eigenvalue weighted by atomic mass is 35.5. The van der Waals surface area contributed by atoms with E-state index in [0.29, 0.717) is 11.3 Å². The summed E-state index contributed by atoms with van der Waals surface area (Å²) in [4.78, 5) is 23.7. The van der Waals surface area contributed by atoms with Gasteiger partial charge in [0, 0.05) is 16.9 Å². The second-order valence-corrected chi connectivity index (χ2v) is 8.79. The van der Waals surface area contributed by atoms with Crippen LogP contribution in [-0.2, 0) is 10.0 Å². The molecule has 0 radical (unpaired) electrons. The van der Waals surface area contributed by atoms with Crippen LogP contribution in [0.4, 0.5) is 11.4 Å². The Morgan fingerprint density at radius 1 is 0.833 bits per heavy atom. The summed E-state index contributed by atoms with van der Waals surface area (Å²) in [6.07, 6.45) is 0. The van der Waals surface area contributed by atoms with Gasteiger partial charge < -0.3 is 5.32 Å². The van der Waals surface area contributed by atoms with Crippen molar-refractivity contribution in [2.75, 3.05) is 10.0 Å². The van der Waals surface area contributed by atoms with E-state index in [4.69, 9.17) is 23.2 Å². The van der Waals surface area contributed by atoms with Gasteiger partial charge in [0.05, 0.1) is 15.6 Å². The van der Waals surface area contributed by atoms with Gasteiger partial charge in [-0.2, -0.15) is 0 Å². The van der Waals surface area contributed by atoms with Crippen molar-refractivity contribution in [2.24, 2.45) is 0 Å². The molecule has 0 aliphatic rings. The summed E-state index contributed by atoms with van der Waals surface area (Å²) in [5, 5.41) is 2.53. The third-order valence-electron chi connectivity index (χ3n) is 4.13. The molecule has 3 aromatic rings. The molecule has 0 heterocycles. The number of benzene rings is 3. The third kappa shape index (κ3) is 4.99. The lowest BCUT2D eigenvalue weighted by Gasteiger charge is -2.13. The Hall–Kier alpha value is -2.87. The molecule has 0 spiro atoms. The van der Waals surface area contributed by atoms with Crippen molar-refractivity contribution in [1.82, 2.24) is 0 Å². The van der Waals surface area contributed by atoms with Crippen molar-refractivity contribution in [2.45, 2.75) is 11.8 Å². The molecule has 0 unspecified atom stereocenters. The molecule has 0 aromatic heterocycles. The molecule has 0 aliphatic heterocycles. The summed E-state index contributed by atoms with van der Waals surface area (Å²) >= 11 is 12.2. The number of hydrogen-bond donors (Lipinski definition) is 2. The van der Waals surface area contributed by atoms with Gasteiger partial charge in [-0.15, -0.1) is 0 Å². The second kappa shape index (κ2) is 8.87. The van der Waals surface area contributed by atoms with E-state index in [1.54, 1.807) is 30.3 Å². The molecule has 0 atom stereocenters. The van der Waals surface area contributed by atoms with Crippen LogP contribution in [0.3, 0.4) is 0 Å². The van der Waals surface area contributed by atoms with Gasteiger partial charge in [0.1, 0.15) is 4.90 Å². The first-order valence-electron chi connectivity index (χ1n) is 8.66. The zero-order valence-electron chi connectivity index (χ0n) is 15.6. The SMILES string of the molecule is CC(=O)c1ccc(NS(=O)(=O)c2cc(C(=O)Nc3ccccc3)c(Cl)cc2Cl)cc1. The summed E-state index contributed by atoms with van der Waals surface area (Å²) in [6.45, 7) is 1.41. The van der Waals surface area contributed by atoms with E-state index < -0.39 is 15.9 Å². The van der Waals surface area contributed by atoms with Crippen molar-refractivity contribution >= 4 is 56.3 Å². The number of halogens is 2. The molecule has 6 nitrogen and oxygen atoms in total. The monoisotopic (exact) mass is 462 g/mol. The predicted octanol–water partition coefficient (Wildman–Crippen LogP) is 5.25. The van der Waals surface area contributed by atoms with Crippen molar-refractivity contribution < 1.29 is 18.0 Å². The second-order valence-electron chi connectivity index (χ2n) is 6.32. The minimum absolute atomic E-state index is 0.0122. The first-order valence-corrected chi connectivity index (χ1v) is 10.9. The summed E-state index contributed by atoms with van der Waals surface area (Å²) in [5.74, 6) is -0.718. The molecule has 1 amide bonds. The van der Waals surface area contributed by atoms with Crippen LogP contribution in [0, 0.1) is 0 Å². The highest BCUT2D eigenvalue weighted by molar-refractivity contribution is 7.92. The van der Waals surface area contributed by atoms with Crippen molar-refractivity contribution in [3.63, 3.8) is 0 Å². The van der Waals surface area contributed by atoms with Crippen LogP contribution in [0.1, 0.15) is 27.6 Å². The molecule has 154 valence electrons. The number of para-hydroxylation sites is 1. The Balaban J connectivity index is 1.91. The molecular formula is C21H16Cl2N2O4S. The Kier molecular flexibility index (Phi) is 6.45. The first kappa shape index (κ1) is 21.8. The number of rotatable bonds is 6. The van der Waals surface area contributed by atoms with Gasteiger partial charge in [0.25, 0.3) is 15.9 Å². The Labute approximate surface area is 183 Å². The number of anilines is 2. The van der Waals surface area contributed by atoms with Gasteiger partial charge in [-0.3, -0.25) is 14.3 Å².